The molecule has 2 rings (SSSR count). The molecule has 1 amide bonds. The molecular formula is C17H18ClN3O5S. The van der Waals surface area contributed by atoms with Crippen molar-refractivity contribution in [3.63, 3.8) is 0 Å². The van der Waals surface area contributed by atoms with Gasteiger partial charge < -0.3 is 10.4 Å². The number of anilines is 1. The number of hydrogen-bond acceptors (Lipinski definition) is 6. The van der Waals surface area contributed by atoms with Gasteiger partial charge in [-0.05, 0) is 55.8 Å². The van der Waals surface area contributed by atoms with Gasteiger partial charge in [0.2, 0.25) is 0 Å². The number of benzene rings is 2. The molecule has 27 heavy (non-hydrogen) atoms. The Morgan fingerprint density at radius 3 is 2.33 bits per heavy atom. The van der Waals surface area contributed by atoms with Crippen LogP contribution in [0.2, 0.25) is 5.02 Å². The second kappa shape index (κ2) is 8.57. The Kier molecular flexibility index (Phi) is 6.66. The van der Waals surface area contributed by atoms with Gasteiger partial charge in [-0.3, -0.25) is 9.35 Å². The molecule has 8 nitrogen and oxygen atoms in total. The van der Waals surface area contributed by atoms with Crippen molar-refractivity contribution in [2.75, 3.05) is 5.32 Å². The molecule has 3 N–H and O–H groups in total. The number of nitrogens with zero attached hydrogens (tertiary/aromatic N) is 2. The summed E-state index contributed by atoms with van der Waals surface area (Å²) in [4.78, 5) is 12.1. The van der Waals surface area contributed by atoms with Crippen LogP contribution in [0, 0.1) is 6.92 Å². The van der Waals surface area contributed by atoms with Gasteiger partial charge in [0.1, 0.15) is 5.69 Å². The standard InChI is InChI=1S/C17H18ClN3O5S/c1-10-3-8-15(14(18)9-10)20-21-16(11(2)22)17(23)19-12-4-6-13(7-5-12)27(24,25)26/h3-9,11,16,22H,1-2H3,(H,19,23)(H,24,25,26)/b21-20+. The summed E-state index contributed by atoms with van der Waals surface area (Å²) in [7, 11) is -4.32. The number of aliphatic hydroxyl groups excluding tert-OH is 1. The molecule has 2 aromatic carbocycles. The Morgan fingerprint density at radius 2 is 1.81 bits per heavy atom. The van der Waals surface area contributed by atoms with E-state index in [1.54, 1.807) is 18.2 Å². The van der Waals surface area contributed by atoms with Crippen LogP contribution in [-0.4, -0.2) is 36.1 Å². The van der Waals surface area contributed by atoms with Gasteiger partial charge in [-0.1, -0.05) is 17.7 Å². The second-order valence-corrected chi connectivity index (χ2v) is 7.67. The molecule has 144 valence electrons. The molecule has 10 heteroatoms. The fourth-order valence-electron chi connectivity index (χ4n) is 2.11. The van der Waals surface area contributed by atoms with Crippen LogP contribution in [0.15, 0.2) is 57.6 Å². The van der Waals surface area contributed by atoms with Gasteiger partial charge in [-0.25, -0.2) is 0 Å². The van der Waals surface area contributed by atoms with Gasteiger partial charge in [-0.2, -0.15) is 18.6 Å². The van der Waals surface area contributed by atoms with Crippen LogP contribution < -0.4 is 5.32 Å². The van der Waals surface area contributed by atoms with E-state index >= 15 is 0 Å². The van der Waals surface area contributed by atoms with Gasteiger partial charge >= 0.3 is 0 Å². The number of hydrogen-bond donors (Lipinski definition) is 3. The third-order valence-electron chi connectivity index (χ3n) is 3.54. The summed E-state index contributed by atoms with van der Waals surface area (Å²) in [6.07, 6.45) is -1.13. The van der Waals surface area contributed by atoms with Crippen molar-refractivity contribution in [2.45, 2.75) is 30.9 Å². The van der Waals surface area contributed by atoms with E-state index in [0.29, 0.717) is 10.7 Å². The molecule has 0 saturated heterocycles. The number of azo groups is 1. The number of nitrogens with one attached hydrogen (secondary N) is 1. The summed E-state index contributed by atoms with van der Waals surface area (Å²) in [6.45, 7) is 3.26. The zero-order valence-corrected chi connectivity index (χ0v) is 16.1. The molecule has 2 atom stereocenters. The third-order valence-corrected chi connectivity index (χ3v) is 4.71. The second-order valence-electron chi connectivity index (χ2n) is 5.84. The largest absolute Gasteiger partial charge is 0.391 e. The third kappa shape index (κ3) is 5.83. The number of aliphatic hydroxyl groups is 1. The summed E-state index contributed by atoms with van der Waals surface area (Å²) in [5, 5.41) is 20.5. The maximum absolute atomic E-state index is 12.4. The van der Waals surface area contributed by atoms with E-state index < -0.39 is 28.2 Å². The molecule has 0 bridgehead atoms. The lowest BCUT2D eigenvalue weighted by Gasteiger charge is -2.14. The van der Waals surface area contributed by atoms with Crippen LogP contribution >= 0.6 is 11.6 Å². The van der Waals surface area contributed by atoms with Crippen molar-refractivity contribution >= 4 is 39.0 Å². The fraction of sp³-hybridized carbons (Fsp3) is 0.235. The van der Waals surface area contributed by atoms with E-state index in [9.17, 15) is 18.3 Å². The smallest absolute Gasteiger partial charge is 0.294 e. The van der Waals surface area contributed by atoms with Gasteiger partial charge in [0, 0.05) is 5.69 Å². The number of halogens is 1. The molecule has 0 aromatic heterocycles. The molecule has 0 heterocycles. The Balaban J connectivity index is 2.16. The number of carbonyl (C=O) groups excluding carboxylic acids is 1. The van der Waals surface area contributed by atoms with E-state index in [0.717, 1.165) is 17.7 Å². The van der Waals surface area contributed by atoms with Crippen LogP contribution in [0.1, 0.15) is 12.5 Å². The Morgan fingerprint density at radius 1 is 1.19 bits per heavy atom. The van der Waals surface area contributed by atoms with Gasteiger partial charge in [-0.15, -0.1) is 0 Å². The van der Waals surface area contributed by atoms with Crippen LogP contribution in [0.4, 0.5) is 11.4 Å². The lowest BCUT2D eigenvalue weighted by molar-refractivity contribution is -0.119. The maximum atomic E-state index is 12.4. The van der Waals surface area contributed by atoms with Gasteiger partial charge in [0.15, 0.2) is 6.04 Å². The van der Waals surface area contributed by atoms with E-state index in [-0.39, 0.29) is 10.6 Å². The highest BCUT2D eigenvalue weighted by Crippen LogP contribution is 2.26. The molecule has 0 fully saturated rings. The topological polar surface area (TPSA) is 128 Å². The molecule has 0 radical (unpaired) electrons. The first-order valence-corrected chi connectivity index (χ1v) is 9.63. The Labute approximate surface area is 161 Å². The minimum absolute atomic E-state index is 0.265. The minimum atomic E-state index is -4.32. The normalized spacial score (nSPS) is 14.1. The predicted octanol–water partition coefficient (Wildman–Crippen LogP) is 3.37. The van der Waals surface area contributed by atoms with Crippen LogP contribution in [0.3, 0.4) is 0 Å². The molecule has 2 aromatic rings. The quantitative estimate of drug-likeness (QED) is 0.495. The zero-order valence-electron chi connectivity index (χ0n) is 14.5. The van der Waals surface area contributed by atoms with Crippen molar-refractivity contribution < 1.29 is 22.9 Å². The summed E-state index contributed by atoms with van der Waals surface area (Å²) < 4.78 is 31.0. The van der Waals surface area contributed by atoms with Crippen LogP contribution in [-0.2, 0) is 14.9 Å². The number of carbonyl (C=O) groups is 1. The predicted molar refractivity (Wildman–Crippen MR) is 101 cm³/mol. The summed E-state index contributed by atoms with van der Waals surface area (Å²) >= 11 is 6.07. The zero-order chi connectivity index (χ0) is 20.2. The molecule has 2 unspecified atom stereocenters. The van der Waals surface area contributed by atoms with E-state index in [2.05, 4.69) is 15.5 Å². The first-order chi connectivity index (χ1) is 12.6. The van der Waals surface area contributed by atoms with E-state index in [4.69, 9.17) is 16.2 Å². The average Bonchev–Trinajstić information content (AvgIpc) is 2.56. The molecule has 0 spiro atoms. The van der Waals surface area contributed by atoms with Gasteiger partial charge in [0.25, 0.3) is 16.0 Å². The maximum Gasteiger partial charge on any atom is 0.294 e. The van der Waals surface area contributed by atoms with Crippen molar-refractivity contribution in [3.05, 3.63) is 53.1 Å². The minimum Gasteiger partial charge on any atom is -0.391 e. The highest BCUT2D eigenvalue weighted by Gasteiger charge is 2.24. The lowest BCUT2D eigenvalue weighted by atomic mass is 10.2. The molecule has 0 aliphatic rings. The molecular weight excluding hydrogens is 394 g/mol. The SMILES string of the molecule is Cc1ccc(/N=N/C(C(=O)Nc2ccc(S(=O)(=O)O)cc2)C(C)O)c(Cl)c1. The van der Waals surface area contributed by atoms with E-state index in [1.807, 2.05) is 6.92 Å². The highest BCUT2D eigenvalue weighted by molar-refractivity contribution is 7.85. The lowest BCUT2D eigenvalue weighted by Crippen LogP contribution is -2.34. The van der Waals surface area contributed by atoms with E-state index in [1.165, 1.54) is 19.1 Å². The number of amides is 1. The summed E-state index contributed by atoms with van der Waals surface area (Å²) in [5.74, 6) is -0.642. The highest BCUT2D eigenvalue weighted by atomic mass is 35.5. The van der Waals surface area contributed by atoms with Crippen molar-refractivity contribution in [2.24, 2.45) is 10.2 Å². The monoisotopic (exact) mass is 411 g/mol. The number of aryl methyl sites for hydroxylation is 1. The number of rotatable bonds is 6. The first-order valence-electron chi connectivity index (χ1n) is 7.81. The van der Waals surface area contributed by atoms with Crippen LogP contribution in [0.5, 0.6) is 0 Å². The van der Waals surface area contributed by atoms with Crippen molar-refractivity contribution in [3.8, 4) is 0 Å². The van der Waals surface area contributed by atoms with Gasteiger partial charge in [0.05, 0.1) is 16.0 Å². The fourth-order valence-corrected chi connectivity index (χ4v) is 2.86. The summed E-state index contributed by atoms with van der Waals surface area (Å²) in [6, 6.07) is 8.79. The average molecular weight is 412 g/mol. The molecule has 0 aliphatic heterocycles. The van der Waals surface area contributed by atoms with Crippen LogP contribution in [0.25, 0.3) is 0 Å². The van der Waals surface area contributed by atoms with Crippen molar-refractivity contribution in [1.82, 2.24) is 0 Å². The first kappa shape index (κ1) is 21.0. The van der Waals surface area contributed by atoms with Crippen molar-refractivity contribution in [1.29, 1.82) is 0 Å². The molecule has 0 saturated carbocycles. The molecule has 0 aliphatic carbocycles. The Hall–Kier alpha value is -2.33. The summed E-state index contributed by atoms with van der Waals surface area (Å²) in [5.41, 5.74) is 1.57. The Bertz CT molecular complexity index is 959.